The van der Waals surface area contributed by atoms with E-state index in [9.17, 15) is 10.1 Å². The maximum atomic E-state index is 12.0. The summed E-state index contributed by atoms with van der Waals surface area (Å²) in [5.74, 6) is -0.139. The quantitative estimate of drug-likeness (QED) is 0.694. The Bertz CT molecular complexity index is 293. The minimum absolute atomic E-state index is 0.139. The third kappa shape index (κ3) is 4.28. The Balaban J connectivity index is 2.24. The average Bonchev–Trinajstić information content (AvgIpc) is 2.43. The molecule has 0 aromatic rings. The van der Waals surface area contributed by atoms with Crippen LogP contribution in [0.3, 0.4) is 0 Å². The Morgan fingerprint density at radius 3 is 2.61 bits per heavy atom. The van der Waals surface area contributed by atoms with Crippen molar-refractivity contribution in [3.8, 4) is 6.07 Å². The van der Waals surface area contributed by atoms with E-state index in [4.69, 9.17) is 9.47 Å². The van der Waals surface area contributed by atoms with Crippen LogP contribution < -0.4 is 5.32 Å². The van der Waals surface area contributed by atoms with Crippen LogP contribution >= 0.6 is 0 Å². The highest BCUT2D eigenvalue weighted by Crippen LogP contribution is 2.35. The lowest BCUT2D eigenvalue weighted by Gasteiger charge is -2.29. The SMILES string of the molecule is COCCOCCNC(=O)C1(C#N)CCCCC1. The van der Waals surface area contributed by atoms with Crippen molar-refractivity contribution < 1.29 is 14.3 Å². The molecule has 1 aliphatic rings. The predicted molar refractivity (Wildman–Crippen MR) is 66.8 cm³/mol. The van der Waals surface area contributed by atoms with Crippen LogP contribution in [0.4, 0.5) is 0 Å². The van der Waals surface area contributed by atoms with Crippen LogP contribution in [0, 0.1) is 16.7 Å². The lowest BCUT2D eigenvalue weighted by atomic mass is 9.74. The second kappa shape index (κ2) is 8.06. The molecule has 18 heavy (non-hydrogen) atoms. The summed E-state index contributed by atoms with van der Waals surface area (Å²) in [6.07, 6.45) is 4.41. The molecule has 102 valence electrons. The van der Waals surface area contributed by atoms with E-state index in [1.54, 1.807) is 7.11 Å². The van der Waals surface area contributed by atoms with Gasteiger partial charge in [-0.1, -0.05) is 19.3 Å². The summed E-state index contributed by atoms with van der Waals surface area (Å²) in [5, 5.41) is 12.0. The Morgan fingerprint density at radius 2 is 2.00 bits per heavy atom. The summed E-state index contributed by atoms with van der Waals surface area (Å²) in [6, 6.07) is 2.21. The molecular weight excluding hydrogens is 232 g/mol. The molecule has 1 saturated carbocycles. The first kappa shape index (κ1) is 14.9. The molecule has 0 aromatic carbocycles. The zero-order valence-corrected chi connectivity index (χ0v) is 11.0. The highest BCUT2D eigenvalue weighted by molar-refractivity contribution is 5.85. The number of ether oxygens (including phenoxy) is 2. The van der Waals surface area contributed by atoms with Gasteiger partial charge in [-0.05, 0) is 12.8 Å². The molecule has 1 rings (SSSR count). The Labute approximate surface area is 108 Å². The van der Waals surface area contributed by atoms with Gasteiger partial charge in [0.2, 0.25) is 5.91 Å². The van der Waals surface area contributed by atoms with Gasteiger partial charge in [0, 0.05) is 13.7 Å². The van der Waals surface area contributed by atoms with Gasteiger partial charge in [0.15, 0.2) is 0 Å². The second-order valence-electron chi connectivity index (χ2n) is 4.62. The normalized spacial score (nSPS) is 18.0. The number of hydrogen-bond acceptors (Lipinski definition) is 4. The maximum absolute atomic E-state index is 12.0. The summed E-state index contributed by atoms with van der Waals surface area (Å²) in [6.45, 7) is 1.98. The molecule has 0 heterocycles. The summed E-state index contributed by atoms with van der Waals surface area (Å²) in [5.41, 5.74) is -0.801. The van der Waals surface area contributed by atoms with Crippen molar-refractivity contribution in [3.05, 3.63) is 0 Å². The van der Waals surface area contributed by atoms with Crippen molar-refractivity contribution in [2.75, 3.05) is 33.5 Å². The highest BCUT2D eigenvalue weighted by atomic mass is 16.5. The lowest BCUT2D eigenvalue weighted by Crippen LogP contribution is -2.42. The smallest absolute Gasteiger partial charge is 0.240 e. The number of nitrogens with one attached hydrogen (secondary N) is 1. The third-order valence-electron chi connectivity index (χ3n) is 3.32. The standard InChI is InChI=1S/C13H22N2O3/c1-17-9-10-18-8-7-15-12(16)13(11-14)5-3-2-4-6-13/h2-10H2,1H3,(H,15,16). The molecule has 0 bridgehead atoms. The number of nitriles is 1. The van der Waals surface area contributed by atoms with E-state index in [1.807, 2.05) is 0 Å². The molecule has 0 spiro atoms. The molecule has 1 amide bonds. The van der Waals surface area contributed by atoms with Crippen molar-refractivity contribution >= 4 is 5.91 Å². The fourth-order valence-corrected chi connectivity index (χ4v) is 2.20. The van der Waals surface area contributed by atoms with Crippen molar-refractivity contribution in [1.29, 1.82) is 5.26 Å². The highest BCUT2D eigenvalue weighted by Gasteiger charge is 2.39. The summed E-state index contributed by atoms with van der Waals surface area (Å²) in [4.78, 5) is 12.0. The molecule has 1 aliphatic carbocycles. The van der Waals surface area contributed by atoms with Crippen LogP contribution in [0.1, 0.15) is 32.1 Å². The molecule has 0 atom stereocenters. The number of carbonyl (C=O) groups is 1. The first-order chi connectivity index (χ1) is 8.75. The van der Waals surface area contributed by atoms with Gasteiger partial charge in [-0.2, -0.15) is 5.26 Å². The van der Waals surface area contributed by atoms with E-state index in [0.717, 1.165) is 19.3 Å². The van der Waals surface area contributed by atoms with E-state index < -0.39 is 5.41 Å². The van der Waals surface area contributed by atoms with E-state index >= 15 is 0 Å². The first-order valence-electron chi connectivity index (χ1n) is 6.51. The molecule has 1 fully saturated rings. The monoisotopic (exact) mass is 254 g/mol. The van der Waals surface area contributed by atoms with Crippen LogP contribution in [0.25, 0.3) is 0 Å². The molecule has 0 radical (unpaired) electrons. The van der Waals surface area contributed by atoms with Gasteiger partial charge in [-0.3, -0.25) is 4.79 Å². The molecule has 0 aliphatic heterocycles. The molecule has 0 unspecified atom stereocenters. The van der Waals surface area contributed by atoms with Gasteiger partial charge in [0.1, 0.15) is 5.41 Å². The van der Waals surface area contributed by atoms with Gasteiger partial charge in [-0.25, -0.2) is 0 Å². The minimum Gasteiger partial charge on any atom is -0.382 e. The van der Waals surface area contributed by atoms with Crippen molar-refractivity contribution in [1.82, 2.24) is 5.32 Å². The zero-order valence-electron chi connectivity index (χ0n) is 11.0. The number of rotatable bonds is 7. The number of nitrogens with zero attached hydrogens (tertiary/aromatic N) is 1. The van der Waals surface area contributed by atoms with Crippen molar-refractivity contribution in [3.63, 3.8) is 0 Å². The predicted octanol–water partition coefficient (Wildman–Crippen LogP) is 1.24. The Morgan fingerprint density at radius 1 is 1.28 bits per heavy atom. The summed E-state index contributed by atoms with van der Waals surface area (Å²) >= 11 is 0. The second-order valence-corrected chi connectivity index (χ2v) is 4.62. The van der Waals surface area contributed by atoms with Gasteiger partial charge in [-0.15, -0.1) is 0 Å². The van der Waals surface area contributed by atoms with Crippen LogP contribution in [-0.4, -0.2) is 39.4 Å². The largest absolute Gasteiger partial charge is 0.382 e. The van der Waals surface area contributed by atoms with Crippen molar-refractivity contribution in [2.24, 2.45) is 5.41 Å². The number of amides is 1. The van der Waals surface area contributed by atoms with E-state index in [2.05, 4.69) is 11.4 Å². The van der Waals surface area contributed by atoms with Crippen LogP contribution in [0.5, 0.6) is 0 Å². The molecule has 5 nitrogen and oxygen atoms in total. The van der Waals surface area contributed by atoms with Gasteiger partial charge >= 0.3 is 0 Å². The minimum atomic E-state index is -0.801. The number of hydrogen-bond donors (Lipinski definition) is 1. The molecule has 1 N–H and O–H groups in total. The first-order valence-corrected chi connectivity index (χ1v) is 6.51. The maximum Gasteiger partial charge on any atom is 0.240 e. The Hall–Kier alpha value is -1.12. The molecule has 5 heteroatoms. The summed E-state index contributed by atoms with van der Waals surface area (Å²) in [7, 11) is 1.62. The van der Waals surface area contributed by atoms with Gasteiger partial charge in [0.05, 0.1) is 25.9 Å². The number of carbonyl (C=O) groups excluding carboxylic acids is 1. The van der Waals surface area contributed by atoms with Crippen LogP contribution in [0.15, 0.2) is 0 Å². The molecular formula is C13H22N2O3. The Kier molecular flexibility index (Phi) is 6.69. The van der Waals surface area contributed by atoms with E-state index in [-0.39, 0.29) is 5.91 Å². The van der Waals surface area contributed by atoms with Gasteiger partial charge in [0.25, 0.3) is 0 Å². The topological polar surface area (TPSA) is 71.3 Å². The molecule has 0 aromatic heterocycles. The van der Waals surface area contributed by atoms with Crippen molar-refractivity contribution in [2.45, 2.75) is 32.1 Å². The average molecular weight is 254 g/mol. The lowest BCUT2D eigenvalue weighted by molar-refractivity contribution is -0.129. The number of methoxy groups -OCH3 is 1. The fourth-order valence-electron chi connectivity index (χ4n) is 2.20. The summed E-state index contributed by atoms with van der Waals surface area (Å²) < 4.78 is 10.1. The van der Waals surface area contributed by atoms with Crippen LogP contribution in [0.2, 0.25) is 0 Å². The zero-order chi connectivity index (χ0) is 13.3. The van der Waals surface area contributed by atoms with E-state index in [1.165, 1.54) is 0 Å². The fraction of sp³-hybridized carbons (Fsp3) is 0.846. The molecule has 0 saturated heterocycles. The van der Waals surface area contributed by atoms with E-state index in [0.29, 0.717) is 39.2 Å². The third-order valence-corrected chi connectivity index (χ3v) is 3.32. The van der Waals surface area contributed by atoms with Gasteiger partial charge < -0.3 is 14.8 Å². The van der Waals surface area contributed by atoms with Crippen LogP contribution in [-0.2, 0) is 14.3 Å².